The van der Waals surface area contributed by atoms with Crippen LogP contribution < -0.4 is 5.32 Å². The monoisotopic (exact) mass is 227 g/mol. The summed E-state index contributed by atoms with van der Waals surface area (Å²) in [6.07, 6.45) is 3.88. The predicted molar refractivity (Wildman–Crippen MR) is 63.6 cm³/mol. The molecule has 0 atom stereocenters. The van der Waals surface area contributed by atoms with Gasteiger partial charge in [-0.15, -0.1) is 0 Å². The van der Waals surface area contributed by atoms with Crippen LogP contribution in [-0.2, 0) is 0 Å². The van der Waals surface area contributed by atoms with Crippen molar-refractivity contribution in [1.82, 2.24) is 0 Å². The maximum Gasteiger partial charge on any atom is 0.149 e. The number of halogens is 2. The second kappa shape index (κ2) is 6.46. The Kier molecular flexibility index (Phi) is 5.23. The van der Waals surface area contributed by atoms with E-state index in [0.29, 0.717) is 0 Å². The summed E-state index contributed by atoms with van der Waals surface area (Å²) in [6, 6.07) is 4.09. The van der Waals surface area contributed by atoms with Gasteiger partial charge in [0.1, 0.15) is 17.3 Å². The molecule has 0 fully saturated rings. The van der Waals surface area contributed by atoms with Crippen molar-refractivity contribution in [2.75, 3.05) is 5.32 Å². The summed E-state index contributed by atoms with van der Waals surface area (Å²) in [7, 11) is 0. The Bertz CT molecular complexity index is 299. The number of para-hydroxylation sites is 1. The summed E-state index contributed by atoms with van der Waals surface area (Å²) in [4.78, 5) is 0. The molecule has 0 aromatic heterocycles. The van der Waals surface area contributed by atoms with E-state index in [2.05, 4.69) is 19.2 Å². The minimum Gasteiger partial charge on any atom is -0.378 e. The molecule has 1 nitrogen and oxygen atoms in total. The van der Waals surface area contributed by atoms with Crippen LogP contribution in [0.25, 0.3) is 0 Å². The van der Waals surface area contributed by atoms with Gasteiger partial charge in [0.05, 0.1) is 0 Å². The third-order valence-corrected chi connectivity index (χ3v) is 2.59. The minimum atomic E-state index is -0.516. The lowest BCUT2D eigenvalue weighted by molar-refractivity contribution is 0.553. The smallest absolute Gasteiger partial charge is 0.149 e. The number of hydrogen-bond acceptors (Lipinski definition) is 1. The highest BCUT2D eigenvalue weighted by Crippen LogP contribution is 2.21. The van der Waals surface area contributed by atoms with Gasteiger partial charge >= 0.3 is 0 Å². The van der Waals surface area contributed by atoms with Crippen molar-refractivity contribution >= 4 is 5.69 Å². The lowest BCUT2D eigenvalue weighted by Crippen LogP contribution is -2.20. The molecule has 1 rings (SSSR count). The topological polar surface area (TPSA) is 12.0 Å². The van der Waals surface area contributed by atoms with Gasteiger partial charge in [-0.2, -0.15) is 0 Å². The van der Waals surface area contributed by atoms with E-state index < -0.39 is 11.6 Å². The molecule has 0 aliphatic carbocycles. The first-order chi connectivity index (χ1) is 7.69. The summed E-state index contributed by atoms with van der Waals surface area (Å²) in [6.45, 7) is 4.14. The number of rotatable bonds is 6. The lowest BCUT2D eigenvalue weighted by Gasteiger charge is -2.19. The van der Waals surface area contributed by atoms with Crippen LogP contribution in [0, 0.1) is 11.6 Å². The Hall–Kier alpha value is -1.12. The van der Waals surface area contributed by atoms with E-state index in [9.17, 15) is 8.78 Å². The van der Waals surface area contributed by atoms with Crippen LogP contribution in [0.3, 0.4) is 0 Å². The average molecular weight is 227 g/mol. The van der Waals surface area contributed by atoms with Crippen molar-refractivity contribution in [3.63, 3.8) is 0 Å². The molecule has 16 heavy (non-hydrogen) atoms. The highest BCUT2D eigenvalue weighted by Gasteiger charge is 2.12. The van der Waals surface area contributed by atoms with E-state index in [1.807, 2.05) is 0 Å². The molecule has 1 N–H and O–H groups in total. The molecule has 1 aromatic rings. The molecule has 0 amide bonds. The Balaban J connectivity index is 2.76. The average Bonchev–Trinajstić information content (AvgIpc) is 2.24. The van der Waals surface area contributed by atoms with Crippen LogP contribution in [0.4, 0.5) is 14.5 Å². The van der Waals surface area contributed by atoms with Gasteiger partial charge < -0.3 is 5.32 Å². The van der Waals surface area contributed by atoms with Crippen LogP contribution >= 0.6 is 0 Å². The summed E-state index contributed by atoms with van der Waals surface area (Å²) < 4.78 is 26.8. The maximum atomic E-state index is 13.4. The quantitative estimate of drug-likeness (QED) is 0.762. The SMILES string of the molecule is CCCC(CCC)Nc1c(F)cccc1F. The highest BCUT2D eigenvalue weighted by molar-refractivity contribution is 5.46. The zero-order chi connectivity index (χ0) is 12.0. The van der Waals surface area contributed by atoms with Gasteiger partial charge in [-0.25, -0.2) is 8.78 Å². The normalized spacial score (nSPS) is 10.8. The molecular formula is C13H19F2N. The van der Waals surface area contributed by atoms with Crippen LogP contribution in [0.5, 0.6) is 0 Å². The summed E-state index contributed by atoms with van der Waals surface area (Å²) in [5, 5.41) is 2.97. The minimum absolute atomic E-state index is 0.00870. The molecule has 0 unspecified atom stereocenters. The summed E-state index contributed by atoms with van der Waals surface area (Å²) in [5.41, 5.74) is 0.00870. The van der Waals surface area contributed by atoms with Crippen LogP contribution in [-0.4, -0.2) is 6.04 Å². The van der Waals surface area contributed by atoms with Crippen LogP contribution in [0.2, 0.25) is 0 Å². The Morgan fingerprint density at radius 1 is 1.06 bits per heavy atom. The molecular weight excluding hydrogens is 208 g/mol. The Morgan fingerprint density at radius 3 is 2.00 bits per heavy atom. The van der Waals surface area contributed by atoms with Crippen molar-refractivity contribution in [2.45, 2.75) is 45.6 Å². The van der Waals surface area contributed by atoms with Crippen molar-refractivity contribution in [1.29, 1.82) is 0 Å². The Morgan fingerprint density at radius 2 is 1.56 bits per heavy atom. The fourth-order valence-corrected chi connectivity index (χ4v) is 1.83. The largest absolute Gasteiger partial charge is 0.378 e. The van der Waals surface area contributed by atoms with Gasteiger partial charge in [-0.3, -0.25) is 0 Å². The van der Waals surface area contributed by atoms with E-state index >= 15 is 0 Å². The van der Waals surface area contributed by atoms with Crippen molar-refractivity contribution in [3.8, 4) is 0 Å². The predicted octanol–water partition coefficient (Wildman–Crippen LogP) is 4.35. The number of anilines is 1. The molecule has 0 aliphatic rings. The third-order valence-electron chi connectivity index (χ3n) is 2.59. The van der Waals surface area contributed by atoms with E-state index in [4.69, 9.17) is 0 Å². The Labute approximate surface area is 95.9 Å². The molecule has 3 heteroatoms. The molecule has 0 spiro atoms. The molecule has 90 valence electrons. The van der Waals surface area contributed by atoms with Gasteiger partial charge in [0.2, 0.25) is 0 Å². The molecule has 0 heterocycles. The third kappa shape index (κ3) is 3.47. The zero-order valence-electron chi connectivity index (χ0n) is 9.89. The number of nitrogens with one attached hydrogen (secondary N) is 1. The standard InChI is InChI=1S/C13H19F2N/c1-3-6-10(7-4-2)16-13-11(14)8-5-9-12(13)15/h5,8-10,16H,3-4,6-7H2,1-2H3. The zero-order valence-corrected chi connectivity index (χ0v) is 9.89. The molecule has 0 saturated carbocycles. The maximum absolute atomic E-state index is 13.4. The molecule has 0 bridgehead atoms. The molecule has 0 radical (unpaired) electrons. The van der Waals surface area contributed by atoms with Gasteiger partial charge in [0, 0.05) is 6.04 Å². The number of hydrogen-bond donors (Lipinski definition) is 1. The fourth-order valence-electron chi connectivity index (χ4n) is 1.83. The highest BCUT2D eigenvalue weighted by atomic mass is 19.1. The van der Waals surface area contributed by atoms with Gasteiger partial charge in [-0.1, -0.05) is 32.8 Å². The lowest BCUT2D eigenvalue weighted by atomic mass is 10.1. The second-order valence-electron chi connectivity index (χ2n) is 4.02. The van der Waals surface area contributed by atoms with E-state index in [-0.39, 0.29) is 11.7 Å². The first kappa shape index (κ1) is 12.9. The molecule has 0 aliphatic heterocycles. The first-order valence-electron chi connectivity index (χ1n) is 5.89. The van der Waals surface area contributed by atoms with Crippen LogP contribution in [0.1, 0.15) is 39.5 Å². The van der Waals surface area contributed by atoms with Crippen molar-refractivity contribution in [3.05, 3.63) is 29.8 Å². The van der Waals surface area contributed by atoms with Gasteiger partial charge in [-0.05, 0) is 25.0 Å². The van der Waals surface area contributed by atoms with E-state index in [1.54, 1.807) is 0 Å². The first-order valence-corrected chi connectivity index (χ1v) is 5.89. The summed E-state index contributed by atoms with van der Waals surface area (Å²) in [5.74, 6) is -1.03. The second-order valence-corrected chi connectivity index (χ2v) is 4.02. The van der Waals surface area contributed by atoms with E-state index in [0.717, 1.165) is 25.7 Å². The van der Waals surface area contributed by atoms with Gasteiger partial charge in [0.15, 0.2) is 0 Å². The van der Waals surface area contributed by atoms with E-state index in [1.165, 1.54) is 18.2 Å². The van der Waals surface area contributed by atoms with Crippen molar-refractivity contribution < 1.29 is 8.78 Å². The molecule has 1 aromatic carbocycles. The summed E-state index contributed by atoms with van der Waals surface area (Å²) >= 11 is 0. The van der Waals surface area contributed by atoms with Crippen LogP contribution in [0.15, 0.2) is 18.2 Å². The fraction of sp³-hybridized carbons (Fsp3) is 0.538. The van der Waals surface area contributed by atoms with Crippen molar-refractivity contribution in [2.24, 2.45) is 0 Å². The molecule has 0 saturated heterocycles. The number of benzene rings is 1. The van der Waals surface area contributed by atoms with Gasteiger partial charge in [0.25, 0.3) is 0 Å².